The van der Waals surface area contributed by atoms with Crippen molar-refractivity contribution in [2.75, 3.05) is 6.54 Å². The molecule has 1 saturated carbocycles. The molecule has 1 aliphatic rings. The molecule has 0 amide bonds. The molecule has 1 aromatic heterocycles. The molecule has 120 valence electrons. The maximum absolute atomic E-state index is 12.8. The van der Waals surface area contributed by atoms with Gasteiger partial charge in [-0.3, -0.25) is 0 Å². The lowest BCUT2D eigenvalue weighted by atomic mass is 9.78. The fraction of sp³-hybridized carbons (Fsp3) is 0.733. The smallest absolute Gasteiger partial charge is 0.309 e. The second kappa shape index (κ2) is 7.47. The van der Waals surface area contributed by atoms with E-state index in [-0.39, 0.29) is 18.9 Å². The molecule has 0 radical (unpaired) electrons. The molecule has 0 aromatic carbocycles. The highest BCUT2D eigenvalue weighted by atomic mass is 79.9. The van der Waals surface area contributed by atoms with Gasteiger partial charge in [0.2, 0.25) is 0 Å². The highest BCUT2D eigenvalue weighted by Crippen LogP contribution is 2.45. The third-order valence-corrected chi connectivity index (χ3v) is 6.20. The molecule has 1 unspecified atom stereocenters. The van der Waals surface area contributed by atoms with Gasteiger partial charge in [0.1, 0.15) is 0 Å². The molecule has 0 bridgehead atoms. The molecule has 0 saturated heterocycles. The van der Waals surface area contributed by atoms with Crippen molar-refractivity contribution in [3.8, 4) is 0 Å². The normalized spacial score (nSPS) is 25.0. The van der Waals surface area contributed by atoms with Gasteiger partial charge in [0.25, 0.3) is 0 Å². The highest BCUT2D eigenvalue weighted by Gasteiger charge is 2.42. The Morgan fingerprint density at radius 2 is 2.00 bits per heavy atom. The summed E-state index contributed by atoms with van der Waals surface area (Å²) in [5.74, 6) is -0.808. The fourth-order valence-electron chi connectivity index (χ4n) is 3.08. The number of halogens is 4. The van der Waals surface area contributed by atoms with E-state index in [2.05, 4.69) is 28.2 Å². The van der Waals surface area contributed by atoms with Gasteiger partial charge in [-0.15, -0.1) is 11.3 Å². The van der Waals surface area contributed by atoms with Crippen molar-refractivity contribution in [3.63, 3.8) is 0 Å². The van der Waals surface area contributed by atoms with Gasteiger partial charge in [0.15, 0.2) is 0 Å². The summed E-state index contributed by atoms with van der Waals surface area (Å²) in [6, 6.07) is 2.19. The molecule has 2 rings (SSSR count). The van der Waals surface area contributed by atoms with Crippen molar-refractivity contribution in [1.29, 1.82) is 0 Å². The predicted molar refractivity (Wildman–Crippen MR) is 84.6 cm³/mol. The lowest BCUT2D eigenvalue weighted by Gasteiger charge is -2.35. The van der Waals surface area contributed by atoms with Crippen molar-refractivity contribution in [3.05, 3.63) is 20.8 Å². The Labute approximate surface area is 136 Å². The molecule has 1 aromatic rings. The van der Waals surface area contributed by atoms with E-state index in [1.54, 1.807) is 11.3 Å². The first-order valence-corrected chi connectivity index (χ1v) is 9.13. The molecule has 1 fully saturated rings. The Kier molecular flexibility index (Phi) is 6.15. The van der Waals surface area contributed by atoms with Crippen molar-refractivity contribution < 1.29 is 13.2 Å². The van der Waals surface area contributed by atoms with Crippen LogP contribution in [-0.2, 0) is 0 Å². The zero-order valence-electron chi connectivity index (χ0n) is 12.0. The summed E-state index contributed by atoms with van der Waals surface area (Å²) in [6.45, 7) is 3.00. The van der Waals surface area contributed by atoms with Crippen LogP contribution in [-0.4, -0.2) is 12.7 Å². The number of rotatable bonds is 5. The minimum atomic E-state index is -4.03. The van der Waals surface area contributed by atoms with E-state index in [0.717, 1.165) is 17.4 Å². The van der Waals surface area contributed by atoms with Gasteiger partial charge in [0.05, 0.1) is 5.92 Å². The van der Waals surface area contributed by atoms with Crippen LogP contribution in [0, 0.1) is 11.8 Å². The molecule has 0 aliphatic heterocycles. The van der Waals surface area contributed by atoms with Gasteiger partial charge >= 0.3 is 6.18 Å². The third kappa shape index (κ3) is 4.45. The quantitative estimate of drug-likeness (QED) is 0.665. The molecule has 1 heterocycles. The average molecular weight is 384 g/mol. The number of thiophene rings is 1. The SMILES string of the molecule is CCCNC(c1sccc1Br)C1CCC(C(F)(F)F)CC1. The first-order chi connectivity index (χ1) is 9.93. The first kappa shape index (κ1) is 17.3. The van der Waals surface area contributed by atoms with Crippen molar-refractivity contribution in [1.82, 2.24) is 5.32 Å². The summed E-state index contributed by atoms with van der Waals surface area (Å²) in [5, 5.41) is 5.56. The maximum atomic E-state index is 12.8. The summed E-state index contributed by atoms with van der Waals surface area (Å²) in [6.07, 6.45) is -1.17. The van der Waals surface area contributed by atoms with Crippen LogP contribution in [0.1, 0.15) is 49.9 Å². The summed E-state index contributed by atoms with van der Waals surface area (Å²) < 4.78 is 39.4. The lowest BCUT2D eigenvalue weighted by Crippen LogP contribution is -2.34. The summed E-state index contributed by atoms with van der Waals surface area (Å²) in [5.41, 5.74) is 0. The van der Waals surface area contributed by atoms with Crippen LogP contribution in [0.25, 0.3) is 0 Å². The van der Waals surface area contributed by atoms with E-state index >= 15 is 0 Å². The molecular weight excluding hydrogens is 363 g/mol. The van der Waals surface area contributed by atoms with E-state index in [1.165, 1.54) is 4.88 Å². The van der Waals surface area contributed by atoms with Crippen LogP contribution in [0.3, 0.4) is 0 Å². The minimum absolute atomic E-state index is 0.175. The zero-order chi connectivity index (χ0) is 15.5. The highest BCUT2D eigenvalue weighted by molar-refractivity contribution is 9.10. The van der Waals surface area contributed by atoms with Gasteiger partial charge in [-0.1, -0.05) is 6.92 Å². The Hall–Kier alpha value is -0.0700. The molecule has 21 heavy (non-hydrogen) atoms. The van der Waals surface area contributed by atoms with Gasteiger partial charge in [-0.05, 0) is 71.9 Å². The van der Waals surface area contributed by atoms with E-state index in [0.29, 0.717) is 18.8 Å². The molecule has 0 spiro atoms. The van der Waals surface area contributed by atoms with Crippen LogP contribution in [0.15, 0.2) is 15.9 Å². The largest absolute Gasteiger partial charge is 0.391 e. The van der Waals surface area contributed by atoms with Gasteiger partial charge in [-0.2, -0.15) is 13.2 Å². The minimum Gasteiger partial charge on any atom is -0.309 e. The van der Waals surface area contributed by atoms with Crippen molar-refractivity contribution in [2.45, 2.75) is 51.2 Å². The van der Waals surface area contributed by atoms with Gasteiger partial charge < -0.3 is 5.32 Å². The Bertz CT molecular complexity index is 438. The van der Waals surface area contributed by atoms with E-state index < -0.39 is 12.1 Å². The summed E-state index contributed by atoms with van der Waals surface area (Å²) >= 11 is 5.24. The Morgan fingerprint density at radius 3 is 2.48 bits per heavy atom. The van der Waals surface area contributed by atoms with Crippen LogP contribution in [0.4, 0.5) is 13.2 Å². The fourth-order valence-corrected chi connectivity index (χ4v) is 4.87. The molecule has 6 heteroatoms. The summed E-state index contributed by atoms with van der Waals surface area (Å²) in [4.78, 5) is 1.22. The number of alkyl halides is 3. The number of hydrogen-bond donors (Lipinski definition) is 1. The monoisotopic (exact) mass is 383 g/mol. The number of nitrogens with one attached hydrogen (secondary N) is 1. The molecule has 1 N–H and O–H groups in total. The number of hydrogen-bond acceptors (Lipinski definition) is 2. The Morgan fingerprint density at radius 1 is 1.33 bits per heavy atom. The molecule has 1 aliphatic carbocycles. The second-order valence-corrected chi connectivity index (χ2v) is 7.52. The van der Waals surface area contributed by atoms with Gasteiger partial charge in [0, 0.05) is 15.4 Å². The lowest BCUT2D eigenvalue weighted by molar-refractivity contribution is -0.184. The molecular formula is C15H21BrF3NS. The van der Waals surface area contributed by atoms with Crippen LogP contribution < -0.4 is 5.32 Å². The summed E-state index contributed by atoms with van der Waals surface area (Å²) in [7, 11) is 0. The zero-order valence-corrected chi connectivity index (χ0v) is 14.5. The van der Waals surface area contributed by atoms with Crippen molar-refractivity contribution >= 4 is 27.3 Å². The van der Waals surface area contributed by atoms with E-state index in [9.17, 15) is 13.2 Å². The molecule has 1 nitrogen and oxygen atoms in total. The van der Waals surface area contributed by atoms with Crippen LogP contribution in [0.5, 0.6) is 0 Å². The van der Waals surface area contributed by atoms with E-state index in [4.69, 9.17) is 0 Å². The van der Waals surface area contributed by atoms with Crippen LogP contribution >= 0.6 is 27.3 Å². The standard InChI is InChI=1S/C15H21BrF3NS/c1-2-8-20-13(14-12(16)7-9-21-14)10-3-5-11(6-4-10)15(17,18)19/h7,9-11,13,20H,2-6,8H2,1H3. The van der Waals surface area contributed by atoms with Crippen LogP contribution in [0.2, 0.25) is 0 Å². The maximum Gasteiger partial charge on any atom is 0.391 e. The first-order valence-electron chi connectivity index (χ1n) is 7.46. The predicted octanol–water partition coefficient (Wildman–Crippen LogP) is 5.92. The Balaban J connectivity index is 2.04. The average Bonchev–Trinajstić information content (AvgIpc) is 2.85. The topological polar surface area (TPSA) is 12.0 Å². The third-order valence-electron chi connectivity index (χ3n) is 4.25. The molecule has 1 atom stereocenters. The second-order valence-electron chi connectivity index (χ2n) is 5.72. The van der Waals surface area contributed by atoms with Gasteiger partial charge in [-0.25, -0.2) is 0 Å². The van der Waals surface area contributed by atoms with Crippen molar-refractivity contribution in [2.24, 2.45) is 11.8 Å². The van der Waals surface area contributed by atoms with E-state index in [1.807, 2.05) is 11.4 Å².